The molecule has 10 heteroatoms. The molecular formula is C15H19ClN4O5. The van der Waals surface area contributed by atoms with Crippen LogP contribution in [0.25, 0.3) is 0 Å². The Morgan fingerprint density at radius 2 is 2.12 bits per heavy atom. The summed E-state index contributed by atoms with van der Waals surface area (Å²) in [5.41, 5.74) is 0.116. The van der Waals surface area contributed by atoms with E-state index in [1.54, 1.807) is 4.90 Å². The van der Waals surface area contributed by atoms with E-state index in [0.717, 1.165) is 13.0 Å². The number of nitrogens with zero attached hydrogens (tertiary/aromatic N) is 3. The van der Waals surface area contributed by atoms with Crippen LogP contribution in [0, 0.1) is 10.1 Å². The average Bonchev–Trinajstić information content (AvgIpc) is 2.86. The summed E-state index contributed by atoms with van der Waals surface area (Å²) in [6, 6.07) is 4.03. The number of nitro groups is 1. The largest absolute Gasteiger partial charge is 0.482 e. The van der Waals surface area contributed by atoms with Gasteiger partial charge in [-0.15, -0.1) is 12.4 Å². The molecule has 1 aromatic rings. The van der Waals surface area contributed by atoms with Crippen LogP contribution >= 0.6 is 12.4 Å². The van der Waals surface area contributed by atoms with Crippen LogP contribution in [0.2, 0.25) is 0 Å². The van der Waals surface area contributed by atoms with Crippen molar-refractivity contribution < 1.29 is 19.2 Å². The van der Waals surface area contributed by atoms with Crippen LogP contribution in [0.5, 0.6) is 5.75 Å². The number of hydrogen-bond acceptors (Lipinski definition) is 6. The molecule has 25 heavy (non-hydrogen) atoms. The van der Waals surface area contributed by atoms with Crippen molar-refractivity contribution in [1.29, 1.82) is 0 Å². The molecule has 0 unspecified atom stereocenters. The van der Waals surface area contributed by atoms with Gasteiger partial charge in [0.15, 0.2) is 6.61 Å². The Hall–Kier alpha value is -2.39. The number of ether oxygens (including phenoxy) is 1. The Bertz CT molecular complexity index is 676. The van der Waals surface area contributed by atoms with Crippen molar-refractivity contribution >= 4 is 35.6 Å². The molecule has 2 amide bonds. The molecule has 1 aromatic carbocycles. The van der Waals surface area contributed by atoms with Gasteiger partial charge in [-0.1, -0.05) is 0 Å². The van der Waals surface area contributed by atoms with E-state index >= 15 is 0 Å². The predicted octanol–water partition coefficient (Wildman–Crippen LogP) is 0.564. The van der Waals surface area contributed by atoms with Gasteiger partial charge < -0.3 is 15.0 Å². The first-order chi connectivity index (χ1) is 11.6. The molecule has 0 bridgehead atoms. The molecule has 0 saturated carbocycles. The predicted molar refractivity (Wildman–Crippen MR) is 92.3 cm³/mol. The first-order valence-corrected chi connectivity index (χ1v) is 7.76. The van der Waals surface area contributed by atoms with Crippen LogP contribution in [0.1, 0.15) is 6.42 Å². The van der Waals surface area contributed by atoms with E-state index in [9.17, 15) is 19.7 Å². The van der Waals surface area contributed by atoms with Crippen LogP contribution in [-0.2, 0) is 9.59 Å². The molecule has 0 aliphatic carbocycles. The fraction of sp³-hybridized carbons (Fsp3) is 0.467. The quantitative estimate of drug-likeness (QED) is 0.616. The van der Waals surface area contributed by atoms with Gasteiger partial charge in [0.05, 0.1) is 10.6 Å². The Morgan fingerprint density at radius 1 is 1.32 bits per heavy atom. The minimum atomic E-state index is -0.542. The summed E-state index contributed by atoms with van der Waals surface area (Å²) in [5.74, 6) is -0.193. The molecule has 136 valence electrons. The number of nitrogens with one attached hydrogen (secondary N) is 1. The zero-order valence-electron chi connectivity index (χ0n) is 13.5. The third-order valence-electron chi connectivity index (χ3n) is 4.08. The molecule has 0 atom stereocenters. The van der Waals surface area contributed by atoms with Crippen LogP contribution < -0.4 is 15.0 Å². The first kappa shape index (κ1) is 18.9. The van der Waals surface area contributed by atoms with Gasteiger partial charge in [0.25, 0.3) is 11.6 Å². The number of anilines is 1. The number of fused-ring (bicyclic) bond motifs is 1. The summed E-state index contributed by atoms with van der Waals surface area (Å²) in [7, 11) is 0. The molecule has 0 radical (unpaired) electrons. The van der Waals surface area contributed by atoms with E-state index in [1.165, 1.54) is 23.1 Å². The highest BCUT2D eigenvalue weighted by molar-refractivity contribution is 6.02. The lowest BCUT2D eigenvalue weighted by molar-refractivity contribution is -0.384. The highest BCUT2D eigenvalue weighted by Crippen LogP contribution is 2.35. The molecule has 2 aliphatic rings. The maximum absolute atomic E-state index is 12.5. The van der Waals surface area contributed by atoms with E-state index in [2.05, 4.69) is 5.32 Å². The van der Waals surface area contributed by atoms with Gasteiger partial charge in [0.1, 0.15) is 12.3 Å². The van der Waals surface area contributed by atoms with Gasteiger partial charge in [-0.05, 0) is 19.0 Å². The van der Waals surface area contributed by atoms with E-state index in [0.29, 0.717) is 25.4 Å². The number of rotatable bonds is 3. The molecule has 0 aromatic heterocycles. The lowest BCUT2D eigenvalue weighted by Gasteiger charge is -2.30. The van der Waals surface area contributed by atoms with Crippen LogP contribution in [0.15, 0.2) is 18.2 Å². The molecule has 2 heterocycles. The van der Waals surface area contributed by atoms with E-state index in [1.807, 2.05) is 0 Å². The van der Waals surface area contributed by atoms with Crippen LogP contribution in [-0.4, -0.2) is 61.0 Å². The molecule has 1 fully saturated rings. The summed E-state index contributed by atoms with van der Waals surface area (Å²) in [5, 5.41) is 14.2. The van der Waals surface area contributed by atoms with E-state index in [-0.39, 0.29) is 48.7 Å². The van der Waals surface area contributed by atoms with Crippen molar-refractivity contribution in [3.63, 3.8) is 0 Å². The molecular weight excluding hydrogens is 352 g/mol. The fourth-order valence-corrected chi connectivity index (χ4v) is 2.81. The van der Waals surface area contributed by atoms with Gasteiger partial charge in [-0.2, -0.15) is 0 Å². The van der Waals surface area contributed by atoms with Gasteiger partial charge in [-0.25, -0.2) is 0 Å². The number of halogens is 1. The van der Waals surface area contributed by atoms with Gasteiger partial charge in [-0.3, -0.25) is 24.6 Å². The SMILES string of the molecule is Cl.O=C(CN1C(=O)COc2ccc([N+](=O)[O-])cc21)N1CCCNCC1. The van der Waals surface area contributed by atoms with Crippen molar-refractivity contribution in [3.8, 4) is 5.75 Å². The Balaban J connectivity index is 0.00000225. The second-order valence-corrected chi connectivity index (χ2v) is 5.66. The second-order valence-electron chi connectivity index (χ2n) is 5.66. The van der Waals surface area contributed by atoms with Crippen molar-refractivity contribution in [1.82, 2.24) is 10.2 Å². The molecule has 1 saturated heterocycles. The minimum absolute atomic E-state index is 0. The summed E-state index contributed by atoms with van der Waals surface area (Å²) >= 11 is 0. The average molecular weight is 371 g/mol. The van der Waals surface area contributed by atoms with Crippen molar-refractivity contribution in [3.05, 3.63) is 28.3 Å². The van der Waals surface area contributed by atoms with Crippen LogP contribution in [0.4, 0.5) is 11.4 Å². The minimum Gasteiger partial charge on any atom is -0.482 e. The van der Waals surface area contributed by atoms with E-state index < -0.39 is 4.92 Å². The lowest BCUT2D eigenvalue weighted by atomic mass is 10.2. The summed E-state index contributed by atoms with van der Waals surface area (Å²) < 4.78 is 5.30. The Labute approximate surface area is 150 Å². The molecule has 9 nitrogen and oxygen atoms in total. The Kier molecular flexibility index (Phi) is 6.16. The molecule has 3 rings (SSSR count). The first-order valence-electron chi connectivity index (χ1n) is 7.76. The maximum Gasteiger partial charge on any atom is 0.271 e. The highest BCUT2D eigenvalue weighted by Gasteiger charge is 2.30. The van der Waals surface area contributed by atoms with Gasteiger partial charge in [0.2, 0.25) is 5.91 Å². The fourth-order valence-electron chi connectivity index (χ4n) is 2.81. The summed E-state index contributed by atoms with van der Waals surface area (Å²) in [6.07, 6.45) is 0.852. The van der Waals surface area contributed by atoms with Crippen molar-refractivity contribution in [2.75, 3.05) is 44.2 Å². The van der Waals surface area contributed by atoms with E-state index in [4.69, 9.17) is 4.74 Å². The standard InChI is InChI=1S/C15H18N4O5.ClH/c20-14(17-6-1-4-16-5-7-17)9-18-12-8-11(19(22)23)2-3-13(12)24-10-15(18)21;/h2-3,8,16H,1,4-7,9-10H2;1H. The van der Waals surface area contributed by atoms with Crippen molar-refractivity contribution in [2.45, 2.75) is 6.42 Å². The topological polar surface area (TPSA) is 105 Å². The smallest absolute Gasteiger partial charge is 0.271 e. The molecule has 2 aliphatic heterocycles. The number of nitro benzene ring substituents is 1. The number of benzene rings is 1. The third-order valence-corrected chi connectivity index (χ3v) is 4.08. The monoisotopic (exact) mass is 370 g/mol. The van der Waals surface area contributed by atoms with Crippen LogP contribution in [0.3, 0.4) is 0 Å². The van der Waals surface area contributed by atoms with Crippen molar-refractivity contribution in [2.24, 2.45) is 0 Å². The lowest BCUT2D eigenvalue weighted by Crippen LogP contribution is -2.47. The number of non-ortho nitro benzene ring substituents is 1. The zero-order valence-corrected chi connectivity index (χ0v) is 14.3. The number of carbonyl (C=O) groups excluding carboxylic acids is 2. The second kappa shape index (κ2) is 8.13. The zero-order chi connectivity index (χ0) is 17.1. The third kappa shape index (κ3) is 4.18. The highest BCUT2D eigenvalue weighted by atomic mass is 35.5. The van der Waals surface area contributed by atoms with Gasteiger partial charge >= 0.3 is 0 Å². The maximum atomic E-state index is 12.5. The molecule has 0 spiro atoms. The number of hydrogen-bond donors (Lipinski definition) is 1. The van der Waals surface area contributed by atoms with Gasteiger partial charge in [0, 0.05) is 31.8 Å². The number of carbonyl (C=O) groups is 2. The number of amides is 2. The molecule has 1 N–H and O–H groups in total. The summed E-state index contributed by atoms with van der Waals surface area (Å²) in [6.45, 7) is 2.46. The normalized spacial score (nSPS) is 17.0. The Morgan fingerprint density at radius 3 is 2.88 bits per heavy atom. The summed E-state index contributed by atoms with van der Waals surface area (Å²) in [4.78, 5) is 38.1.